The molecule has 1 saturated heterocycles. The summed E-state index contributed by atoms with van der Waals surface area (Å²) in [7, 11) is 3.35. The maximum absolute atomic E-state index is 12.4. The van der Waals surface area contributed by atoms with Crippen molar-refractivity contribution in [1.29, 1.82) is 0 Å². The number of aromatic nitrogens is 2. The number of fused-ring (bicyclic) bond motifs is 1. The van der Waals surface area contributed by atoms with Crippen LogP contribution in [0, 0.1) is 0 Å². The van der Waals surface area contributed by atoms with Crippen molar-refractivity contribution >= 4 is 17.1 Å². The Kier molecular flexibility index (Phi) is 7.67. The predicted molar refractivity (Wildman–Crippen MR) is 130 cm³/mol. The van der Waals surface area contributed by atoms with E-state index < -0.39 is 0 Å². The smallest absolute Gasteiger partial charge is 0.271 e. The number of nitrogens with one attached hydrogen (secondary N) is 1. The number of carbonyl (C=O) groups excluding carboxylic acids is 1. The minimum absolute atomic E-state index is 0.134. The van der Waals surface area contributed by atoms with Gasteiger partial charge < -0.3 is 19.7 Å². The van der Waals surface area contributed by atoms with Crippen molar-refractivity contribution in [2.75, 3.05) is 58.4 Å². The van der Waals surface area contributed by atoms with Gasteiger partial charge in [0.1, 0.15) is 11.5 Å². The summed E-state index contributed by atoms with van der Waals surface area (Å²) in [5.41, 5.74) is 2.45. The molecule has 1 aromatic carbocycles. The van der Waals surface area contributed by atoms with Crippen LogP contribution in [0.5, 0.6) is 11.5 Å². The number of unbranched alkanes of at least 4 members (excludes halogenated alkanes) is 2. The van der Waals surface area contributed by atoms with E-state index in [0.717, 1.165) is 69.0 Å². The monoisotopic (exact) mass is 451 g/mol. The summed E-state index contributed by atoms with van der Waals surface area (Å²) in [6.07, 6.45) is 4.99. The normalized spacial score (nSPS) is 14.4. The summed E-state index contributed by atoms with van der Waals surface area (Å²) >= 11 is 0. The molecule has 1 aliphatic heterocycles. The van der Waals surface area contributed by atoms with Gasteiger partial charge in [0.25, 0.3) is 5.91 Å². The highest BCUT2D eigenvalue weighted by molar-refractivity contribution is 5.93. The Hall–Kier alpha value is -3.26. The lowest BCUT2D eigenvalue weighted by molar-refractivity contribution is 0.0947. The number of hydrogen-bond acceptors (Lipinski definition) is 6. The predicted octanol–water partition coefficient (Wildman–Crippen LogP) is 3.07. The fraction of sp³-hybridized carbons (Fsp3) is 0.440. The zero-order chi connectivity index (χ0) is 23.0. The highest BCUT2D eigenvalue weighted by Crippen LogP contribution is 2.28. The number of pyridine rings is 1. The Labute approximate surface area is 195 Å². The van der Waals surface area contributed by atoms with Crippen molar-refractivity contribution in [1.82, 2.24) is 19.8 Å². The van der Waals surface area contributed by atoms with Crippen molar-refractivity contribution < 1.29 is 14.3 Å². The molecule has 0 radical (unpaired) electrons. The Bertz CT molecular complexity index is 1060. The molecule has 0 aliphatic carbocycles. The highest BCUT2D eigenvalue weighted by Gasteiger charge is 2.19. The number of piperazine rings is 1. The molecule has 176 valence electrons. The molecule has 8 nitrogen and oxygen atoms in total. The zero-order valence-corrected chi connectivity index (χ0v) is 19.5. The van der Waals surface area contributed by atoms with Gasteiger partial charge in [0, 0.05) is 45.0 Å². The van der Waals surface area contributed by atoms with Crippen LogP contribution in [0.4, 0.5) is 5.69 Å². The van der Waals surface area contributed by atoms with Crippen LogP contribution in [0.15, 0.2) is 48.7 Å². The van der Waals surface area contributed by atoms with Crippen LogP contribution in [0.25, 0.3) is 5.52 Å². The van der Waals surface area contributed by atoms with Gasteiger partial charge in [-0.25, -0.2) is 4.52 Å². The molecular weight excluding hydrogens is 418 g/mol. The molecule has 4 rings (SSSR count). The number of para-hydroxylation sites is 2. The van der Waals surface area contributed by atoms with Crippen LogP contribution in [0.1, 0.15) is 29.8 Å². The van der Waals surface area contributed by atoms with E-state index >= 15 is 0 Å². The second kappa shape index (κ2) is 11.0. The molecule has 0 bridgehead atoms. The molecule has 0 unspecified atom stereocenters. The largest absolute Gasteiger partial charge is 0.497 e. The van der Waals surface area contributed by atoms with Crippen molar-refractivity contribution in [3.05, 3.63) is 54.4 Å². The Morgan fingerprint density at radius 1 is 1.00 bits per heavy atom. The van der Waals surface area contributed by atoms with Gasteiger partial charge in [-0.1, -0.05) is 18.6 Å². The summed E-state index contributed by atoms with van der Waals surface area (Å²) in [5, 5.41) is 7.32. The van der Waals surface area contributed by atoms with E-state index in [-0.39, 0.29) is 5.91 Å². The first-order valence-electron chi connectivity index (χ1n) is 11.6. The number of ether oxygens (including phenoxy) is 2. The van der Waals surface area contributed by atoms with Crippen molar-refractivity contribution in [2.24, 2.45) is 0 Å². The fourth-order valence-corrected chi connectivity index (χ4v) is 4.25. The summed E-state index contributed by atoms with van der Waals surface area (Å²) < 4.78 is 12.4. The second-order valence-corrected chi connectivity index (χ2v) is 8.28. The third kappa shape index (κ3) is 5.76. The molecule has 1 amide bonds. The minimum Gasteiger partial charge on any atom is -0.497 e. The molecule has 1 N–H and O–H groups in total. The zero-order valence-electron chi connectivity index (χ0n) is 19.5. The number of hydrogen-bond donors (Lipinski definition) is 1. The first-order chi connectivity index (χ1) is 16.2. The molecule has 1 fully saturated rings. The van der Waals surface area contributed by atoms with E-state index in [4.69, 9.17) is 9.47 Å². The molecule has 0 spiro atoms. The first kappa shape index (κ1) is 22.9. The quantitative estimate of drug-likeness (QED) is 0.478. The van der Waals surface area contributed by atoms with Crippen molar-refractivity contribution in [3.63, 3.8) is 0 Å². The van der Waals surface area contributed by atoms with Crippen LogP contribution in [0.3, 0.4) is 0 Å². The average Bonchev–Trinajstić information content (AvgIpc) is 3.30. The molecule has 1 aliphatic rings. The first-order valence-corrected chi connectivity index (χ1v) is 11.6. The van der Waals surface area contributed by atoms with Gasteiger partial charge in [-0.15, -0.1) is 0 Å². The van der Waals surface area contributed by atoms with Crippen molar-refractivity contribution in [2.45, 2.75) is 19.3 Å². The third-order valence-electron chi connectivity index (χ3n) is 6.14. The van der Waals surface area contributed by atoms with Crippen LogP contribution in [-0.2, 0) is 0 Å². The molecule has 2 aromatic heterocycles. The van der Waals surface area contributed by atoms with Gasteiger partial charge in [0.2, 0.25) is 0 Å². The minimum atomic E-state index is -0.134. The SMILES string of the molecule is COc1ccn2nc(C(=O)NCCCCCN3CCN(c4ccccc4OC)CC3)cc2c1. The van der Waals surface area contributed by atoms with Gasteiger partial charge in [-0.05, 0) is 43.7 Å². The number of amides is 1. The number of carbonyl (C=O) groups is 1. The maximum atomic E-state index is 12.4. The summed E-state index contributed by atoms with van der Waals surface area (Å²) in [5.74, 6) is 1.55. The van der Waals surface area contributed by atoms with E-state index in [0.29, 0.717) is 12.2 Å². The molecule has 0 atom stereocenters. The Morgan fingerprint density at radius 2 is 1.82 bits per heavy atom. The molecule has 3 aromatic rings. The van der Waals surface area contributed by atoms with Gasteiger partial charge >= 0.3 is 0 Å². The lowest BCUT2D eigenvalue weighted by Crippen LogP contribution is -2.46. The van der Waals surface area contributed by atoms with Gasteiger partial charge in [0.05, 0.1) is 25.4 Å². The highest BCUT2D eigenvalue weighted by atomic mass is 16.5. The van der Waals surface area contributed by atoms with Crippen LogP contribution < -0.4 is 19.7 Å². The van der Waals surface area contributed by atoms with E-state index in [9.17, 15) is 4.79 Å². The van der Waals surface area contributed by atoms with Crippen LogP contribution in [-0.4, -0.2) is 73.9 Å². The average molecular weight is 452 g/mol. The van der Waals surface area contributed by atoms with E-state index in [1.54, 1.807) is 31.0 Å². The standard InChI is InChI=1S/C25H33N5O3/c1-32-21-10-13-30-20(18-21)19-22(27-30)25(31)26-11-6-3-7-12-28-14-16-29(17-15-28)23-8-4-5-9-24(23)33-2/h4-5,8-10,13,18-19H,3,6-7,11-12,14-17H2,1-2H3,(H,26,31). The summed E-state index contributed by atoms with van der Waals surface area (Å²) in [6.45, 7) is 5.92. The number of benzene rings is 1. The van der Waals surface area contributed by atoms with Gasteiger partial charge in [-0.2, -0.15) is 5.10 Å². The topological polar surface area (TPSA) is 71.3 Å². The fourth-order valence-electron chi connectivity index (χ4n) is 4.25. The Morgan fingerprint density at radius 3 is 2.61 bits per heavy atom. The second-order valence-electron chi connectivity index (χ2n) is 8.28. The van der Waals surface area contributed by atoms with Gasteiger partial charge in [-0.3, -0.25) is 9.69 Å². The van der Waals surface area contributed by atoms with Crippen molar-refractivity contribution in [3.8, 4) is 11.5 Å². The lowest BCUT2D eigenvalue weighted by atomic mass is 10.2. The maximum Gasteiger partial charge on any atom is 0.271 e. The molecule has 33 heavy (non-hydrogen) atoms. The van der Waals surface area contributed by atoms with Crippen LogP contribution >= 0.6 is 0 Å². The van der Waals surface area contributed by atoms with E-state index in [1.807, 2.05) is 24.3 Å². The number of nitrogens with zero attached hydrogens (tertiary/aromatic N) is 4. The molecular formula is C25H33N5O3. The molecule has 8 heteroatoms. The van der Waals surface area contributed by atoms with E-state index in [1.165, 1.54) is 5.69 Å². The molecule has 3 heterocycles. The van der Waals surface area contributed by atoms with Gasteiger partial charge in [0.15, 0.2) is 5.69 Å². The molecule has 0 saturated carbocycles. The van der Waals surface area contributed by atoms with Crippen LogP contribution in [0.2, 0.25) is 0 Å². The van der Waals surface area contributed by atoms with E-state index in [2.05, 4.69) is 32.3 Å². The summed E-state index contributed by atoms with van der Waals surface area (Å²) in [6, 6.07) is 13.7. The number of methoxy groups -OCH3 is 2. The Balaban J connectivity index is 1.12. The third-order valence-corrected chi connectivity index (χ3v) is 6.14. The number of rotatable bonds is 10. The summed E-state index contributed by atoms with van der Waals surface area (Å²) in [4.78, 5) is 17.3. The number of anilines is 1. The lowest BCUT2D eigenvalue weighted by Gasteiger charge is -2.36.